The first-order valence-electron chi connectivity index (χ1n) is 8.47. The Bertz CT molecular complexity index is 743. The molecule has 0 aliphatic carbocycles. The highest BCUT2D eigenvalue weighted by Gasteiger charge is 2.46. The molecule has 0 saturated carbocycles. The molecular weight excluding hydrogens is 378 g/mol. The molecular formula is C17H27NO8S. The molecule has 0 aromatic heterocycles. The van der Waals surface area contributed by atoms with Gasteiger partial charge < -0.3 is 29.9 Å². The fraction of sp³-hybridized carbons (Fsp3) is 0.647. The summed E-state index contributed by atoms with van der Waals surface area (Å²) in [5.41, 5.74) is 2.07. The Hall–Kier alpha value is -1.11. The van der Waals surface area contributed by atoms with Crippen LogP contribution < -0.4 is 4.72 Å². The highest BCUT2D eigenvalue weighted by atomic mass is 32.2. The first kappa shape index (κ1) is 22.2. The summed E-state index contributed by atoms with van der Waals surface area (Å²) in [5, 5.41) is 39.9. The van der Waals surface area contributed by atoms with E-state index in [4.69, 9.17) is 9.47 Å². The second kappa shape index (κ2) is 8.50. The van der Waals surface area contributed by atoms with Gasteiger partial charge in [0.2, 0.25) is 10.0 Å². The van der Waals surface area contributed by atoms with Crippen molar-refractivity contribution in [3.05, 3.63) is 28.8 Å². The maximum absolute atomic E-state index is 12.7. The lowest BCUT2D eigenvalue weighted by Crippen LogP contribution is -2.62. The van der Waals surface area contributed by atoms with Gasteiger partial charge in [-0.25, -0.2) is 13.1 Å². The number of methoxy groups -OCH3 is 1. The molecule has 1 aliphatic rings. The van der Waals surface area contributed by atoms with Crippen LogP contribution in [0.15, 0.2) is 17.0 Å². The van der Waals surface area contributed by atoms with Crippen LogP contribution in [0, 0.1) is 20.8 Å². The van der Waals surface area contributed by atoms with E-state index < -0.39 is 53.4 Å². The average molecular weight is 405 g/mol. The number of rotatable bonds is 6. The van der Waals surface area contributed by atoms with E-state index in [9.17, 15) is 28.8 Å². The van der Waals surface area contributed by atoms with E-state index in [1.165, 1.54) is 7.11 Å². The summed E-state index contributed by atoms with van der Waals surface area (Å²) in [6.07, 6.45) is -8.82. The topological polar surface area (TPSA) is 146 Å². The number of nitrogens with one attached hydrogen (secondary N) is 1. The van der Waals surface area contributed by atoms with Crippen molar-refractivity contribution < 1.29 is 38.3 Å². The van der Waals surface area contributed by atoms with E-state index in [0.717, 1.165) is 5.56 Å². The Morgan fingerprint density at radius 2 is 1.67 bits per heavy atom. The first-order valence-corrected chi connectivity index (χ1v) is 9.96. The van der Waals surface area contributed by atoms with Crippen LogP contribution >= 0.6 is 0 Å². The summed E-state index contributed by atoms with van der Waals surface area (Å²) in [6, 6.07) is 3.49. The van der Waals surface area contributed by atoms with Gasteiger partial charge in [-0.05, 0) is 31.9 Å². The van der Waals surface area contributed by atoms with Crippen molar-refractivity contribution in [1.29, 1.82) is 0 Å². The Balaban J connectivity index is 2.13. The Labute approximate surface area is 158 Å². The maximum atomic E-state index is 12.7. The van der Waals surface area contributed by atoms with Crippen LogP contribution in [0.2, 0.25) is 0 Å². The molecule has 0 amide bonds. The van der Waals surface area contributed by atoms with Crippen LogP contribution in [0.4, 0.5) is 0 Å². The van der Waals surface area contributed by atoms with Crippen molar-refractivity contribution in [3.8, 4) is 0 Å². The highest BCUT2D eigenvalue weighted by molar-refractivity contribution is 7.89. The molecule has 154 valence electrons. The van der Waals surface area contributed by atoms with Crippen LogP contribution in [-0.4, -0.2) is 79.3 Å². The molecule has 1 aromatic carbocycles. The van der Waals surface area contributed by atoms with Crippen LogP contribution in [-0.2, 0) is 19.5 Å². The highest BCUT2D eigenvalue weighted by Crippen LogP contribution is 2.25. The van der Waals surface area contributed by atoms with Gasteiger partial charge in [0.25, 0.3) is 0 Å². The molecule has 6 atom stereocenters. The van der Waals surface area contributed by atoms with E-state index in [2.05, 4.69) is 4.72 Å². The molecule has 27 heavy (non-hydrogen) atoms. The smallest absolute Gasteiger partial charge is 0.241 e. The monoisotopic (exact) mass is 405 g/mol. The van der Waals surface area contributed by atoms with E-state index in [0.29, 0.717) is 11.1 Å². The molecule has 1 aromatic rings. The van der Waals surface area contributed by atoms with Gasteiger partial charge in [-0.1, -0.05) is 17.7 Å². The maximum Gasteiger partial charge on any atom is 0.241 e. The SMILES string of the molecule is CO[C@@H]1O[C@@H]([C@@H](O)CNS(=O)(=O)c2c(C)cc(C)cc2C)[C@H](O)[C@@H](O)[C@H]1O. The molecule has 0 spiro atoms. The zero-order chi connectivity index (χ0) is 20.5. The fourth-order valence-electron chi connectivity index (χ4n) is 3.36. The van der Waals surface area contributed by atoms with E-state index in [-0.39, 0.29) is 4.90 Å². The van der Waals surface area contributed by atoms with Gasteiger partial charge in [0.05, 0.1) is 11.0 Å². The Morgan fingerprint density at radius 3 is 2.19 bits per heavy atom. The number of aryl methyl sites for hydroxylation is 3. The van der Waals surface area contributed by atoms with Crippen molar-refractivity contribution in [2.75, 3.05) is 13.7 Å². The van der Waals surface area contributed by atoms with Crippen molar-refractivity contribution in [2.24, 2.45) is 0 Å². The van der Waals surface area contributed by atoms with Gasteiger partial charge in [-0.15, -0.1) is 0 Å². The summed E-state index contributed by atoms with van der Waals surface area (Å²) < 4.78 is 37.7. The quantitative estimate of drug-likeness (QED) is 0.393. The average Bonchev–Trinajstić information content (AvgIpc) is 2.57. The molecule has 0 unspecified atom stereocenters. The normalized spacial score (nSPS) is 30.3. The molecule has 5 N–H and O–H groups in total. The third kappa shape index (κ3) is 4.66. The molecule has 0 bridgehead atoms. The van der Waals surface area contributed by atoms with Crippen LogP contribution in [0.25, 0.3) is 0 Å². The number of aliphatic hydroxyl groups excluding tert-OH is 4. The zero-order valence-electron chi connectivity index (χ0n) is 15.7. The van der Waals surface area contributed by atoms with Crippen molar-refractivity contribution in [1.82, 2.24) is 4.72 Å². The minimum atomic E-state index is -3.92. The van der Waals surface area contributed by atoms with Gasteiger partial charge in [0, 0.05) is 13.7 Å². The van der Waals surface area contributed by atoms with Gasteiger partial charge in [0.15, 0.2) is 6.29 Å². The molecule has 1 aliphatic heterocycles. The Morgan fingerprint density at radius 1 is 1.11 bits per heavy atom. The van der Waals surface area contributed by atoms with Crippen molar-refractivity contribution >= 4 is 10.0 Å². The number of aliphatic hydroxyl groups is 4. The fourth-order valence-corrected chi connectivity index (χ4v) is 4.86. The summed E-state index contributed by atoms with van der Waals surface area (Å²) in [7, 11) is -2.69. The lowest BCUT2D eigenvalue weighted by atomic mass is 9.95. The number of ether oxygens (including phenoxy) is 2. The number of hydrogen-bond acceptors (Lipinski definition) is 8. The molecule has 2 rings (SSSR count). The summed E-state index contributed by atoms with van der Waals surface area (Å²) in [5.74, 6) is 0. The zero-order valence-corrected chi connectivity index (χ0v) is 16.5. The third-order valence-electron chi connectivity index (χ3n) is 4.57. The summed E-state index contributed by atoms with van der Waals surface area (Å²) in [6.45, 7) is 4.76. The van der Waals surface area contributed by atoms with Crippen LogP contribution in [0.5, 0.6) is 0 Å². The Kier molecular flexibility index (Phi) is 6.98. The predicted octanol–water partition coefficient (Wildman–Crippen LogP) is -1.29. The van der Waals surface area contributed by atoms with E-state index in [1.807, 2.05) is 6.92 Å². The molecule has 1 fully saturated rings. The van der Waals surface area contributed by atoms with Gasteiger partial charge in [0.1, 0.15) is 24.4 Å². The van der Waals surface area contributed by atoms with Gasteiger partial charge in [-0.2, -0.15) is 0 Å². The molecule has 1 saturated heterocycles. The second-order valence-corrected chi connectivity index (χ2v) is 8.53. The van der Waals surface area contributed by atoms with Crippen LogP contribution in [0.1, 0.15) is 16.7 Å². The number of hydrogen-bond donors (Lipinski definition) is 5. The third-order valence-corrected chi connectivity index (χ3v) is 6.30. The second-order valence-electron chi connectivity index (χ2n) is 6.82. The van der Waals surface area contributed by atoms with E-state index in [1.54, 1.807) is 26.0 Å². The van der Waals surface area contributed by atoms with Crippen LogP contribution in [0.3, 0.4) is 0 Å². The molecule has 0 radical (unpaired) electrons. The minimum Gasteiger partial charge on any atom is -0.389 e. The number of sulfonamides is 1. The summed E-state index contributed by atoms with van der Waals surface area (Å²) >= 11 is 0. The molecule has 1 heterocycles. The number of benzene rings is 1. The van der Waals surface area contributed by atoms with Crippen molar-refractivity contribution in [2.45, 2.75) is 62.5 Å². The van der Waals surface area contributed by atoms with Gasteiger partial charge >= 0.3 is 0 Å². The molecule has 9 nitrogen and oxygen atoms in total. The first-order chi connectivity index (χ1) is 12.5. The molecule has 10 heteroatoms. The predicted molar refractivity (Wildman–Crippen MR) is 95.5 cm³/mol. The largest absolute Gasteiger partial charge is 0.389 e. The van der Waals surface area contributed by atoms with Crippen molar-refractivity contribution in [3.63, 3.8) is 0 Å². The lowest BCUT2D eigenvalue weighted by molar-refractivity contribution is -0.303. The van der Waals surface area contributed by atoms with Gasteiger partial charge in [-0.3, -0.25) is 0 Å². The lowest BCUT2D eigenvalue weighted by Gasteiger charge is -2.41. The van der Waals surface area contributed by atoms with E-state index >= 15 is 0 Å². The minimum absolute atomic E-state index is 0.121. The summed E-state index contributed by atoms with van der Waals surface area (Å²) in [4.78, 5) is 0.121. The standard InChI is InChI=1S/C17H27NO8S/c1-8-5-9(2)16(10(3)6-8)27(23,24)18-7-11(19)15-13(21)12(20)14(22)17(25-4)26-15/h5-6,11-15,17-22H,7H2,1-4H3/t11-,12+,13+,14+,15-,17+/m0/s1.